The maximum atomic E-state index is 4.34. The van der Waals surface area contributed by atoms with E-state index in [1.165, 1.54) is 24.9 Å². The van der Waals surface area contributed by atoms with Crippen molar-refractivity contribution >= 4 is 11.8 Å². The molecule has 0 aliphatic carbocycles. The van der Waals surface area contributed by atoms with Crippen LogP contribution in [0.4, 0.5) is 11.8 Å². The van der Waals surface area contributed by atoms with Gasteiger partial charge in [-0.3, -0.25) is 0 Å². The quantitative estimate of drug-likeness (QED) is 0.927. The zero-order chi connectivity index (χ0) is 13.8. The summed E-state index contributed by atoms with van der Waals surface area (Å²) in [4.78, 5) is 15.1. The molecule has 3 heterocycles. The second kappa shape index (κ2) is 5.96. The van der Waals surface area contributed by atoms with Crippen LogP contribution in [-0.4, -0.2) is 40.0 Å². The summed E-state index contributed by atoms with van der Waals surface area (Å²) in [7, 11) is 2.18. The van der Waals surface area contributed by atoms with Gasteiger partial charge < -0.3 is 10.2 Å². The predicted molar refractivity (Wildman–Crippen MR) is 79.0 cm³/mol. The zero-order valence-electron chi connectivity index (χ0n) is 11.7. The minimum absolute atomic E-state index is 0.581. The molecule has 3 rings (SSSR count). The van der Waals surface area contributed by atoms with Crippen LogP contribution in [0.3, 0.4) is 0 Å². The molecule has 5 nitrogen and oxygen atoms in total. The van der Waals surface area contributed by atoms with Gasteiger partial charge in [0.25, 0.3) is 0 Å². The topological polar surface area (TPSA) is 53.9 Å². The Kier molecular flexibility index (Phi) is 3.87. The molecule has 20 heavy (non-hydrogen) atoms. The first-order chi connectivity index (χ1) is 9.81. The van der Waals surface area contributed by atoms with E-state index in [4.69, 9.17) is 0 Å². The van der Waals surface area contributed by atoms with Crippen LogP contribution in [0.1, 0.15) is 24.3 Å². The fourth-order valence-electron chi connectivity index (χ4n) is 2.69. The molecule has 2 aromatic rings. The Morgan fingerprint density at radius 3 is 2.85 bits per heavy atom. The van der Waals surface area contributed by atoms with Crippen molar-refractivity contribution in [3.63, 3.8) is 0 Å². The van der Waals surface area contributed by atoms with Crippen LogP contribution in [0.15, 0.2) is 36.8 Å². The molecule has 1 unspecified atom stereocenters. The van der Waals surface area contributed by atoms with Gasteiger partial charge in [-0.15, -0.1) is 0 Å². The Morgan fingerprint density at radius 1 is 1.20 bits per heavy atom. The van der Waals surface area contributed by atoms with Crippen LogP contribution in [-0.2, 0) is 0 Å². The zero-order valence-corrected chi connectivity index (χ0v) is 11.7. The molecule has 1 aliphatic heterocycles. The highest BCUT2D eigenvalue weighted by molar-refractivity contribution is 5.48. The van der Waals surface area contributed by atoms with Gasteiger partial charge in [-0.1, -0.05) is 0 Å². The van der Waals surface area contributed by atoms with Crippen molar-refractivity contribution in [3.05, 3.63) is 42.4 Å². The molecular weight excluding hydrogens is 250 g/mol. The van der Waals surface area contributed by atoms with Gasteiger partial charge in [0, 0.05) is 25.1 Å². The van der Waals surface area contributed by atoms with Gasteiger partial charge in [-0.25, -0.2) is 15.0 Å². The maximum absolute atomic E-state index is 4.34. The Balaban J connectivity index is 1.75. The largest absolute Gasteiger partial charge is 0.309 e. The van der Waals surface area contributed by atoms with E-state index >= 15 is 0 Å². The summed E-state index contributed by atoms with van der Waals surface area (Å²) in [5.74, 6) is 1.98. The van der Waals surface area contributed by atoms with Crippen LogP contribution in [0.5, 0.6) is 0 Å². The predicted octanol–water partition coefficient (Wildman–Crippen LogP) is 2.42. The van der Waals surface area contributed by atoms with Crippen molar-refractivity contribution in [2.45, 2.75) is 18.8 Å². The Labute approximate surface area is 119 Å². The lowest BCUT2D eigenvalue weighted by molar-refractivity contribution is 0.251. The summed E-state index contributed by atoms with van der Waals surface area (Å²) in [5.41, 5.74) is 1.34. The standard InChI is InChI=1S/C15H19N5/c1-20-9-2-4-13(11-20)12-5-8-16-14(10-12)19-15-17-6-3-7-18-15/h3,5-8,10,13H,2,4,9,11H2,1H3,(H,16,17,18,19). The van der Waals surface area contributed by atoms with Crippen molar-refractivity contribution in [3.8, 4) is 0 Å². The van der Waals surface area contributed by atoms with E-state index in [2.05, 4.69) is 44.3 Å². The summed E-state index contributed by atoms with van der Waals surface area (Å²) in [6.07, 6.45) is 7.80. The fourth-order valence-corrected chi connectivity index (χ4v) is 2.69. The minimum Gasteiger partial charge on any atom is -0.309 e. The molecule has 5 heteroatoms. The van der Waals surface area contributed by atoms with Gasteiger partial charge >= 0.3 is 0 Å². The Hall–Kier alpha value is -2.01. The van der Waals surface area contributed by atoms with Crippen molar-refractivity contribution in [2.24, 2.45) is 0 Å². The number of nitrogens with one attached hydrogen (secondary N) is 1. The van der Waals surface area contributed by atoms with Crippen molar-refractivity contribution < 1.29 is 0 Å². The molecule has 1 saturated heterocycles. The molecule has 0 bridgehead atoms. The van der Waals surface area contributed by atoms with Crippen LogP contribution in [0.2, 0.25) is 0 Å². The molecule has 0 aromatic carbocycles. The number of hydrogen-bond donors (Lipinski definition) is 1. The Morgan fingerprint density at radius 2 is 2.05 bits per heavy atom. The van der Waals surface area contributed by atoms with Gasteiger partial charge in [0.1, 0.15) is 5.82 Å². The fraction of sp³-hybridized carbons (Fsp3) is 0.400. The van der Waals surface area contributed by atoms with Gasteiger partial charge in [-0.2, -0.15) is 0 Å². The normalized spacial score (nSPS) is 19.8. The summed E-state index contributed by atoms with van der Waals surface area (Å²) >= 11 is 0. The SMILES string of the molecule is CN1CCCC(c2ccnc(Nc3ncccn3)c2)C1. The monoisotopic (exact) mass is 269 g/mol. The molecule has 2 aromatic heterocycles. The molecular formula is C15H19N5. The second-order valence-corrected chi connectivity index (χ2v) is 5.27. The summed E-state index contributed by atoms with van der Waals surface area (Å²) < 4.78 is 0. The summed E-state index contributed by atoms with van der Waals surface area (Å²) in [5, 5.41) is 3.15. The van der Waals surface area contributed by atoms with Crippen molar-refractivity contribution in [1.82, 2.24) is 19.9 Å². The highest BCUT2D eigenvalue weighted by Gasteiger charge is 2.19. The summed E-state index contributed by atoms with van der Waals surface area (Å²) in [6, 6.07) is 6.02. The average Bonchev–Trinajstić information content (AvgIpc) is 2.49. The number of likely N-dealkylation sites (N-methyl/N-ethyl adjacent to an activating group) is 1. The maximum Gasteiger partial charge on any atom is 0.228 e. The molecule has 1 aliphatic rings. The Bertz CT molecular complexity index is 557. The lowest BCUT2D eigenvalue weighted by Gasteiger charge is -2.30. The number of likely N-dealkylation sites (tertiary alicyclic amines) is 1. The van der Waals surface area contributed by atoms with Gasteiger partial charge in [0.05, 0.1) is 0 Å². The lowest BCUT2D eigenvalue weighted by Crippen LogP contribution is -2.30. The number of aromatic nitrogens is 3. The average molecular weight is 269 g/mol. The second-order valence-electron chi connectivity index (χ2n) is 5.27. The highest BCUT2D eigenvalue weighted by atomic mass is 15.1. The van der Waals surface area contributed by atoms with Crippen LogP contribution in [0, 0.1) is 0 Å². The first-order valence-electron chi connectivity index (χ1n) is 7.00. The van der Waals surface area contributed by atoms with E-state index in [0.29, 0.717) is 11.9 Å². The molecule has 104 valence electrons. The number of pyridine rings is 1. The number of piperidine rings is 1. The first-order valence-corrected chi connectivity index (χ1v) is 7.00. The summed E-state index contributed by atoms with van der Waals surface area (Å²) in [6.45, 7) is 2.32. The molecule has 0 amide bonds. The van der Waals surface area contributed by atoms with Crippen molar-refractivity contribution in [1.29, 1.82) is 0 Å². The molecule has 0 radical (unpaired) electrons. The highest BCUT2D eigenvalue weighted by Crippen LogP contribution is 2.27. The number of anilines is 2. The minimum atomic E-state index is 0.581. The molecule has 1 N–H and O–H groups in total. The molecule has 1 fully saturated rings. The van der Waals surface area contributed by atoms with E-state index in [-0.39, 0.29) is 0 Å². The van der Waals surface area contributed by atoms with Crippen LogP contribution >= 0.6 is 0 Å². The van der Waals surface area contributed by atoms with Crippen molar-refractivity contribution in [2.75, 3.05) is 25.5 Å². The smallest absolute Gasteiger partial charge is 0.228 e. The molecule has 1 atom stereocenters. The van der Waals surface area contributed by atoms with Gasteiger partial charge in [0.2, 0.25) is 5.95 Å². The van der Waals surface area contributed by atoms with Crippen LogP contribution in [0.25, 0.3) is 0 Å². The van der Waals surface area contributed by atoms with E-state index in [9.17, 15) is 0 Å². The van der Waals surface area contributed by atoms with Gasteiger partial charge in [-0.05, 0) is 56.1 Å². The first kappa shape index (κ1) is 13.0. The number of hydrogen-bond acceptors (Lipinski definition) is 5. The van der Waals surface area contributed by atoms with Gasteiger partial charge in [0.15, 0.2) is 0 Å². The third-order valence-electron chi connectivity index (χ3n) is 3.69. The van der Waals surface area contributed by atoms with E-state index in [1.54, 1.807) is 18.5 Å². The number of rotatable bonds is 3. The van der Waals surface area contributed by atoms with E-state index < -0.39 is 0 Å². The molecule has 0 spiro atoms. The lowest BCUT2D eigenvalue weighted by atomic mass is 9.91. The number of nitrogens with zero attached hydrogens (tertiary/aromatic N) is 4. The van der Waals surface area contributed by atoms with E-state index in [0.717, 1.165) is 12.4 Å². The van der Waals surface area contributed by atoms with Crippen LogP contribution < -0.4 is 5.32 Å². The third kappa shape index (κ3) is 3.11. The molecule has 0 saturated carbocycles. The third-order valence-corrected chi connectivity index (χ3v) is 3.69. The van der Waals surface area contributed by atoms with E-state index in [1.807, 2.05) is 6.20 Å².